The van der Waals surface area contributed by atoms with Crippen LogP contribution < -0.4 is 4.90 Å². The van der Waals surface area contributed by atoms with Crippen LogP contribution in [-0.2, 0) is 4.79 Å². The molecule has 1 amide bonds. The van der Waals surface area contributed by atoms with Crippen LogP contribution in [0.3, 0.4) is 0 Å². The van der Waals surface area contributed by atoms with Crippen molar-refractivity contribution in [2.45, 2.75) is 45.4 Å². The summed E-state index contributed by atoms with van der Waals surface area (Å²) in [7, 11) is 0. The van der Waals surface area contributed by atoms with Crippen LogP contribution in [0.1, 0.15) is 44.2 Å². The number of aryl methyl sites for hydroxylation is 1. The van der Waals surface area contributed by atoms with Gasteiger partial charge in [0.05, 0.1) is 11.1 Å². The van der Waals surface area contributed by atoms with Crippen molar-refractivity contribution in [3.63, 3.8) is 0 Å². The van der Waals surface area contributed by atoms with Crippen molar-refractivity contribution < 1.29 is 4.79 Å². The standard InChI is InChI=1S/C23H30N6O/c1-16-2-3-29(26-16)21-11-20(24-15-25-21)27-4-6-28(7-5-27)22(30)23-12-17-8-18(13-23)10-19(9-17)14-23/h2-3,11,15,17-19H,4-10,12-14H2,1H3. The average Bonchev–Trinajstić information content (AvgIpc) is 3.19. The van der Waals surface area contributed by atoms with E-state index >= 15 is 0 Å². The molecule has 4 aliphatic carbocycles. The lowest BCUT2D eigenvalue weighted by molar-refractivity contribution is -0.158. The second kappa shape index (κ2) is 6.79. The second-order valence-corrected chi connectivity index (χ2v) is 10.1. The van der Waals surface area contributed by atoms with E-state index in [1.54, 1.807) is 11.0 Å². The molecular formula is C23H30N6O. The third-order valence-electron chi connectivity index (χ3n) is 7.98. The van der Waals surface area contributed by atoms with Crippen LogP contribution in [-0.4, -0.2) is 56.7 Å². The average molecular weight is 407 g/mol. The number of anilines is 1. The predicted octanol–water partition coefficient (Wildman–Crippen LogP) is 2.84. The summed E-state index contributed by atoms with van der Waals surface area (Å²) in [5.74, 6) is 4.58. The van der Waals surface area contributed by atoms with E-state index in [0.29, 0.717) is 5.91 Å². The fraction of sp³-hybridized carbons (Fsp3) is 0.652. The molecule has 0 spiro atoms. The number of hydrogen-bond donors (Lipinski definition) is 0. The third kappa shape index (κ3) is 3.01. The van der Waals surface area contributed by atoms with Gasteiger partial charge in [-0.3, -0.25) is 4.79 Å². The topological polar surface area (TPSA) is 67.2 Å². The van der Waals surface area contributed by atoms with Gasteiger partial charge in [-0.25, -0.2) is 14.6 Å². The normalized spacial score (nSPS) is 32.6. The molecule has 3 heterocycles. The third-order valence-corrected chi connectivity index (χ3v) is 7.98. The van der Waals surface area contributed by atoms with Crippen molar-refractivity contribution in [2.75, 3.05) is 31.1 Å². The highest BCUT2D eigenvalue weighted by atomic mass is 16.2. The molecule has 5 aliphatic rings. The Balaban J connectivity index is 1.14. The van der Waals surface area contributed by atoms with Crippen molar-refractivity contribution in [1.82, 2.24) is 24.6 Å². The summed E-state index contributed by atoms with van der Waals surface area (Å²) < 4.78 is 1.79. The van der Waals surface area contributed by atoms with Crippen LogP contribution in [0.15, 0.2) is 24.7 Å². The lowest BCUT2D eigenvalue weighted by atomic mass is 9.49. The molecule has 0 unspecified atom stereocenters. The molecule has 0 atom stereocenters. The molecule has 0 radical (unpaired) electrons. The van der Waals surface area contributed by atoms with Crippen LogP contribution in [0.5, 0.6) is 0 Å². The van der Waals surface area contributed by atoms with Gasteiger partial charge in [0.2, 0.25) is 5.91 Å². The van der Waals surface area contributed by atoms with Gasteiger partial charge < -0.3 is 9.80 Å². The predicted molar refractivity (Wildman–Crippen MR) is 113 cm³/mol. The van der Waals surface area contributed by atoms with Gasteiger partial charge in [0.15, 0.2) is 5.82 Å². The highest BCUT2D eigenvalue weighted by Crippen LogP contribution is 2.60. The summed E-state index contributed by atoms with van der Waals surface area (Å²) in [5.41, 5.74) is 0.934. The molecule has 7 heteroatoms. The Bertz CT molecular complexity index is 925. The number of piperazine rings is 1. The smallest absolute Gasteiger partial charge is 0.228 e. The van der Waals surface area contributed by atoms with Crippen molar-refractivity contribution in [3.8, 4) is 5.82 Å². The van der Waals surface area contributed by atoms with Gasteiger partial charge in [-0.05, 0) is 69.3 Å². The molecule has 7 nitrogen and oxygen atoms in total. The first kappa shape index (κ1) is 18.3. The van der Waals surface area contributed by atoms with Gasteiger partial charge >= 0.3 is 0 Å². The Morgan fingerprint density at radius 3 is 2.20 bits per heavy atom. The molecule has 4 saturated carbocycles. The van der Waals surface area contributed by atoms with Gasteiger partial charge in [0, 0.05) is 38.4 Å². The zero-order chi connectivity index (χ0) is 20.3. The van der Waals surface area contributed by atoms with E-state index in [1.165, 1.54) is 19.3 Å². The van der Waals surface area contributed by atoms with Gasteiger partial charge in [-0.15, -0.1) is 0 Å². The number of amides is 1. The molecule has 2 aromatic heterocycles. The van der Waals surface area contributed by atoms with Crippen LogP contribution in [0.2, 0.25) is 0 Å². The van der Waals surface area contributed by atoms with Crippen LogP contribution in [0.4, 0.5) is 5.82 Å². The molecular weight excluding hydrogens is 376 g/mol. The molecule has 0 aromatic carbocycles. The van der Waals surface area contributed by atoms with E-state index in [1.807, 2.05) is 25.3 Å². The molecule has 30 heavy (non-hydrogen) atoms. The Morgan fingerprint density at radius 1 is 0.967 bits per heavy atom. The quantitative estimate of drug-likeness (QED) is 0.784. The van der Waals surface area contributed by atoms with Crippen molar-refractivity contribution in [3.05, 3.63) is 30.4 Å². The molecule has 0 N–H and O–H groups in total. The summed E-state index contributed by atoms with van der Waals surface area (Å²) in [6.07, 6.45) is 11.1. The van der Waals surface area contributed by atoms with E-state index in [-0.39, 0.29) is 5.41 Å². The molecule has 2 aromatic rings. The number of nitrogens with zero attached hydrogens (tertiary/aromatic N) is 6. The van der Waals surface area contributed by atoms with Gasteiger partial charge in [0.25, 0.3) is 0 Å². The minimum atomic E-state index is -0.0308. The van der Waals surface area contributed by atoms with Crippen molar-refractivity contribution >= 4 is 11.7 Å². The van der Waals surface area contributed by atoms with Crippen molar-refractivity contribution in [2.24, 2.45) is 23.2 Å². The summed E-state index contributed by atoms with van der Waals surface area (Å²) in [6.45, 7) is 5.21. The number of rotatable bonds is 3. The van der Waals surface area contributed by atoms with E-state index in [0.717, 1.165) is 80.5 Å². The SMILES string of the molecule is Cc1ccn(-c2cc(N3CCN(C(=O)C45CC6CC(CC(C6)C4)C5)CC3)ncn2)n1. The Morgan fingerprint density at radius 2 is 1.60 bits per heavy atom. The van der Waals surface area contributed by atoms with E-state index in [9.17, 15) is 4.79 Å². The maximum atomic E-state index is 13.6. The van der Waals surface area contributed by atoms with Gasteiger partial charge in [-0.2, -0.15) is 5.10 Å². The largest absolute Gasteiger partial charge is 0.353 e. The van der Waals surface area contributed by atoms with E-state index < -0.39 is 0 Å². The second-order valence-electron chi connectivity index (χ2n) is 10.1. The minimum Gasteiger partial charge on any atom is -0.353 e. The Labute approximate surface area is 177 Å². The maximum absolute atomic E-state index is 13.6. The van der Waals surface area contributed by atoms with Gasteiger partial charge in [-0.1, -0.05) is 0 Å². The van der Waals surface area contributed by atoms with E-state index in [2.05, 4.69) is 24.9 Å². The summed E-state index contributed by atoms with van der Waals surface area (Å²) >= 11 is 0. The highest BCUT2D eigenvalue weighted by Gasteiger charge is 2.55. The van der Waals surface area contributed by atoms with Crippen LogP contribution in [0, 0.1) is 30.1 Å². The van der Waals surface area contributed by atoms with E-state index in [4.69, 9.17) is 0 Å². The maximum Gasteiger partial charge on any atom is 0.228 e. The first-order valence-corrected chi connectivity index (χ1v) is 11.5. The molecule has 1 saturated heterocycles. The molecule has 7 rings (SSSR count). The monoisotopic (exact) mass is 406 g/mol. The Kier molecular flexibility index (Phi) is 4.15. The molecule has 4 bridgehead atoms. The van der Waals surface area contributed by atoms with Crippen molar-refractivity contribution in [1.29, 1.82) is 0 Å². The lowest BCUT2D eigenvalue weighted by Gasteiger charge is -2.57. The fourth-order valence-corrected chi connectivity index (χ4v) is 7.02. The Hall–Kier alpha value is -2.44. The first-order chi connectivity index (χ1) is 14.6. The number of carbonyl (C=O) groups is 1. The number of aromatic nitrogens is 4. The summed E-state index contributed by atoms with van der Waals surface area (Å²) in [5, 5.41) is 4.45. The molecule has 1 aliphatic heterocycles. The molecule has 5 fully saturated rings. The zero-order valence-electron chi connectivity index (χ0n) is 17.7. The summed E-state index contributed by atoms with van der Waals surface area (Å²) in [6, 6.07) is 3.96. The fourth-order valence-electron chi connectivity index (χ4n) is 7.02. The highest BCUT2D eigenvalue weighted by molar-refractivity contribution is 5.83. The summed E-state index contributed by atoms with van der Waals surface area (Å²) in [4.78, 5) is 26.9. The molecule has 158 valence electrons. The minimum absolute atomic E-state index is 0.0308. The van der Waals surface area contributed by atoms with Gasteiger partial charge in [0.1, 0.15) is 12.1 Å². The number of carbonyl (C=O) groups excluding carboxylic acids is 1. The lowest BCUT2D eigenvalue weighted by Crippen LogP contribution is -2.58. The zero-order valence-corrected chi connectivity index (χ0v) is 17.7. The van der Waals surface area contributed by atoms with Crippen LogP contribution in [0.25, 0.3) is 5.82 Å². The number of hydrogen-bond acceptors (Lipinski definition) is 5. The first-order valence-electron chi connectivity index (χ1n) is 11.5. The van der Waals surface area contributed by atoms with Crippen LogP contribution >= 0.6 is 0 Å².